The zero-order chi connectivity index (χ0) is 10.1. The quantitative estimate of drug-likeness (QED) is 0.761. The van der Waals surface area contributed by atoms with E-state index in [4.69, 9.17) is 0 Å². The second kappa shape index (κ2) is 4.42. The van der Waals surface area contributed by atoms with Crippen LogP contribution in [-0.2, 0) is 0 Å². The van der Waals surface area contributed by atoms with Gasteiger partial charge in [-0.25, -0.2) is 0 Å². The van der Waals surface area contributed by atoms with Crippen molar-refractivity contribution in [2.75, 3.05) is 13.1 Å². The van der Waals surface area contributed by atoms with Crippen molar-refractivity contribution < 1.29 is 0 Å². The lowest BCUT2D eigenvalue weighted by Crippen LogP contribution is -2.43. The fraction of sp³-hybridized carbons (Fsp3) is 1.00. The Bertz CT molecular complexity index is 201. The van der Waals surface area contributed by atoms with Gasteiger partial charge in [0.05, 0.1) is 0 Å². The van der Waals surface area contributed by atoms with Crippen LogP contribution in [0.5, 0.6) is 0 Å². The van der Waals surface area contributed by atoms with Crippen LogP contribution >= 0.6 is 0 Å². The van der Waals surface area contributed by atoms with E-state index in [1.165, 1.54) is 64.5 Å². The summed E-state index contributed by atoms with van der Waals surface area (Å²) in [7, 11) is 0. The summed E-state index contributed by atoms with van der Waals surface area (Å²) >= 11 is 0. The van der Waals surface area contributed by atoms with Crippen molar-refractivity contribution in [3.63, 3.8) is 0 Å². The summed E-state index contributed by atoms with van der Waals surface area (Å²) < 4.78 is 0. The molecule has 0 radical (unpaired) electrons. The van der Waals surface area contributed by atoms with E-state index < -0.39 is 0 Å². The van der Waals surface area contributed by atoms with Gasteiger partial charge in [0.25, 0.3) is 0 Å². The van der Waals surface area contributed by atoms with Crippen molar-refractivity contribution in [2.45, 2.75) is 69.5 Å². The highest BCUT2D eigenvalue weighted by molar-refractivity contribution is 4.93. The predicted octanol–water partition coefficient (Wildman–Crippen LogP) is 2.15. The van der Waals surface area contributed by atoms with E-state index in [2.05, 4.69) is 10.2 Å². The molecule has 1 atom stereocenters. The first-order valence-electron chi connectivity index (χ1n) is 6.92. The van der Waals surface area contributed by atoms with Crippen LogP contribution in [0.4, 0.5) is 0 Å². The van der Waals surface area contributed by atoms with Crippen LogP contribution in [-0.4, -0.2) is 36.1 Å². The Kier molecular flexibility index (Phi) is 2.98. The molecular formula is C13H24N2. The van der Waals surface area contributed by atoms with E-state index in [0.717, 1.165) is 18.1 Å². The van der Waals surface area contributed by atoms with Gasteiger partial charge in [0.2, 0.25) is 0 Å². The highest BCUT2D eigenvalue weighted by atomic mass is 15.2. The van der Waals surface area contributed by atoms with E-state index >= 15 is 0 Å². The molecule has 1 N–H and O–H groups in total. The molecule has 2 nitrogen and oxygen atoms in total. The average molecular weight is 208 g/mol. The Morgan fingerprint density at radius 1 is 0.867 bits per heavy atom. The van der Waals surface area contributed by atoms with Gasteiger partial charge in [0, 0.05) is 24.7 Å². The van der Waals surface area contributed by atoms with Crippen LogP contribution in [0.3, 0.4) is 0 Å². The van der Waals surface area contributed by atoms with E-state index in [1.807, 2.05) is 0 Å². The van der Waals surface area contributed by atoms with Crippen LogP contribution in [0, 0.1) is 0 Å². The summed E-state index contributed by atoms with van der Waals surface area (Å²) in [6, 6.07) is 2.72. The molecule has 1 heterocycles. The third kappa shape index (κ3) is 2.36. The first-order valence-corrected chi connectivity index (χ1v) is 6.92. The van der Waals surface area contributed by atoms with Gasteiger partial charge >= 0.3 is 0 Å². The average Bonchev–Trinajstić information content (AvgIpc) is 2.78. The van der Waals surface area contributed by atoms with Gasteiger partial charge in [-0.3, -0.25) is 4.90 Å². The van der Waals surface area contributed by atoms with Gasteiger partial charge in [-0.2, -0.15) is 0 Å². The maximum absolute atomic E-state index is 3.65. The molecule has 2 aliphatic carbocycles. The number of nitrogens with one attached hydrogen (secondary N) is 1. The lowest BCUT2D eigenvalue weighted by atomic mass is 10.1. The molecule has 0 aromatic rings. The molecule has 1 aliphatic heterocycles. The van der Waals surface area contributed by atoms with E-state index in [-0.39, 0.29) is 0 Å². The Hall–Kier alpha value is -0.0800. The van der Waals surface area contributed by atoms with E-state index in [0.29, 0.717) is 0 Å². The van der Waals surface area contributed by atoms with Crippen LogP contribution in [0.2, 0.25) is 0 Å². The maximum Gasteiger partial charge on any atom is 0.0195 e. The van der Waals surface area contributed by atoms with Crippen LogP contribution in [0.15, 0.2) is 0 Å². The molecule has 3 fully saturated rings. The largest absolute Gasteiger partial charge is 0.313 e. The molecule has 1 saturated heterocycles. The smallest absolute Gasteiger partial charge is 0.0195 e. The topological polar surface area (TPSA) is 15.3 Å². The fourth-order valence-corrected chi connectivity index (χ4v) is 3.41. The van der Waals surface area contributed by atoms with Gasteiger partial charge < -0.3 is 5.32 Å². The van der Waals surface area contributed by atoms with Crippen LogP contribution < -0.4 is 5.32 Å². The molecule has 1 unspecified atom stereocenters. The second-order valence-corrected chi connectivity index (χ2v) is 5.66. The minimum atomic E-state index is 0.811. The van der Waals surface area contributed by atoms with Gasteiger partial charge in [0.1, 0.15) is 0 Å². The summed E-state index contributed by atoms with van der Waals surface area (Å²) in [6.07, 6.45) is 11.7. The van der Waals surface area contributed by atoms with Crippen molar-refractivity contribution in [2.24, 2.45) is 0 Å². The summed E-state index contributed by atoms with van der Waals surface area (Å²) in [6.45, 7) is 2.60. The Labute approximate surface area is 93.4 Å². The molecule has 0 bridgehead atoms. The molecule has 2 saturated carbocycles. The molecule has 0 aromatic carbocycles. The first-order chi connectivity index (χ1) is 7.43. The molecule has 2 heteroatoms. The van der Waals surface area contributed by atoms with Crippen molar-refractivity contribution in [1.82, 2.24) is 10.2 Å². The van der Waals surface area contributed by atoms with Gasteiger partial charge in [-0.05, 0) is 45.1 Å². The predicted molar refractivity (Wildman–Crippen MR) is 63.0 cm³/mol. The number of hydrogen-bond acceptors (Lipinski definition) is 2. The number of hydrogen-bond donors (Lipinski definition) is 1. The Morgan fingerprint density at radius 3 is 2.20 bits per heavy atom. The van der Waals surface area contributed by atoms with E-state index in [1.54, 1.807) is 0 Å². The molecule has 15 heavy (non-hydrogen) atoms. The summed E-state index contributed by atoms with van der Waals surface area (Å²) in [4.78, 5) is 2.86. The summed E-state index contributed by atoms with van der Waals surface area (Å²) in [5.74, 6) is 0. The molecule has 0 amide bonds. The zero-order valence-corrected chi connectivity index (χ0v) is 9.75. The van der Waals surface area contributed by atoms with E-state index in [9.17, 15) is 0 Å². The van der Waals surface area contributed by atoms with Crippen molar-refractivity contribution in [3.05, 3.63) is 0 Å². The van der Waals surface area contributed by atoms with Crippen molar-refractivity contribution >= 4 is 0 Å². The number of nitrogens with zero attached hydrogens (tertiary/aromatic N) is 1. The minimum Gasteiger partial charge on any atom is -0.313 e. The third-order valence-corrected chi connectivity index (χ3v) is 4.40. The minimum absolute atomic E-state index is 0.811. The maximum atomic E-state index is 3.65. The highest BCUT2D eigenvalue weighted by Crippen LogP contribution is 2.34. The first kappa shape index (κ1) is 10.1. The van der Waals surface area contributed by atoms with Crippen molar-refractivity contribution in [3.8, 4) is 0 Å². The van der Waals surface area contributed by atoms with Crippen LogP contribution in [0.1, 0.15) is 51.4 Å². The lowest BCUT2D eigenvalue weighted by Gasteiger charge is -2.31. The molecular weight excluding hydrogens is 184 g/mol. The normalized spacial score (nSPS) is 33.0. The lowest BCUT2D eigenvalue weighted by molar-refractivity contribution is 0.172. The third-order valence-electron chi connectivity index (χ3n) is 4.40. The Balaban J connectivity index is 1.57. The molecule has 0 spiro atoms. The molecule has 86 valence electrons. The monoisotopic (exact) mass is 208 g/mol. The Morgan fingerprint density at radius 2 is 1.60 bits per heavy atom. The number of rotatable bonds is 4. The van der Waals surface area contributed by atoms with Crippen LogP contribution in [0.25, 0.3) is 0 Å². The fourth-order valence-electron chi connectivity index (χ4n) is 3.41. The molecule has 0 aromatic heterocycles. The van der Waals surface area contributed by atoms with Crippen molar-refractivity contribution in [1.29, 1.82) is 0 Å². The molecule has 3 aliphatic rings. The summed E-state index contributed by atoms with van der Waals surface area (Å²) in [5.41, 5.74) is 0. The van der Waals surface area contributed by atoms with Gasteiger partial charge in [0.15, 0.2) is 0 Å². The zero-order valence-electron chi connectivity index (χ0n) is 9.75. The molecule has 3 rings (SSSR count). The standard InChI is InChI=1S/C13H24N2/c1-2-6-12(5-1)15(13-7-8-13)10-11-4-3-9-14-11/h11-14H,1-10H2. The van der Waals surface area contributed by atoms with Gasteiger partial charge in [-0.1, -0.05) is 12.8 Å². The highest BCUT2D eigenvalue weighted by Gasteiger charge is 2.36. The summed E-state index contributed by atoms with van der Waals surface area (Å²) in [5, 5.41) is 3.65. The van der Waals surface area contributed by atoms with Gasteiger partial charge in [-0.15, -0.1) is 0 Å². The second-order valence-electron chi connectivity index (χ2n) is 5.66. The SMILES string of the molecule is C1CNC(CN(C2CCCC2)C2CC2)C1.